The number of carbonyl (C=O) groups is 1. The highest BCUT2D eigenvalue weighted by Crippen LogP contribution is 2.35. The average Bonchev–Trinajstić information content (AvgIpc) is 3.37. The van der Waals surface area contributed by atoms with Gasteiger partial charge in [0.25, 0.3) is 5.56 Å². The number of fused-ring (bicyclic) bond motifs is 1. The van der Waals surface area contributed by atoms with Gasteiger partial charge in [-0.05, 0) is 61.6 Å². The summed E-state index contributed by atoms with van der Waals surface area (Å²) >= 11 is 2.87. The standard InChI is InChI=1S/C24H24N2O5S2/c1-5-30-17-8-7-15(11-18(17)31-6-2)21-16(23(28)29-4)13-25-24-26(21)22(27)20(33-24)12-19-14(3)9-10-32-19/h7-13,21H,5-6H2,1-4H3/b20-12-/t21-/m1/s1. The number of methoxy groups -OCH3 is 1. The Morgan fingerprint density at radius 2 is 1.94 bits per heavy atom. The minimum atomic E-state index is -0.699. The number of thiophene rings is 1. The molecule has 0 saturated heterocycles. The zero-order valence-corrected chi connectivity index (χ0v) is 20.4. The Bertz CT molecular complexity index is 1400. The summed E-state index contributed by atoms with van der Waals surface area (Å²) in [7, 11) is 1.31. The number of esters is 1. The van der Waals surface area contributed by atoms with Gasteiger partial charge in [0, 0.05) is 11.1 Å². The third kappa shape index (κ3) is 4.38. The van der Waals surface area contributed by atoms with E-state index in [0.29, 0.717) is 39.6 Å². The first-order chi connectivity index (χ1) is 16.0. The first kappa shape index (κ1) is 23.0. The van der Waals surface area contributed by atoms with Crippen LogP contribution in [0.1, 0.15) is 35.9 Å². The second-order valence-electron chi connectivity index (χ2n) is 7.22. The number of rotatable bonds is 7. The van der Waals surface area contributed by atoms with Crippen LogP contribution in [0.25, 0.3) is 6.08 Å². The van der Waals surface area contributed by atoms with Gasteiger partial charge in [0.05, 0.1) is 36.5 Å². The number of nitrogens with zero attached hydrogens (tertiary/aromatic N) is 2. The Labute approximate surface area is 198 Å². The largest absolute Gasteiger partial charge is 0.490 e. The first-order valence-electron chi connectivity index (χ1n) is 10.5. The van der Waals surface area contributed by atoms with Crippen molar-refractivity contribution >= 4 is 34.7 Å². The molecule has 3 aromatic rings. The molecule has 0 bridgehead atoms. The Kier molecular flexibility index (Phi) is 6.80. The van der Waals surface area contributed by atoms with Gasteiger partial charge in [-0.2, -0.15) is 0 Å². The molecule has 1 aromatic carbocycles. The highest BCUT2D eigenvalue weighted by atomic mass is 32.1. The molecular weight excluding hydrogens is 460 g/mol. The van der Waals surface area contributed by atoms with Crippen molar-refractivity contribution in [1.82, 2.24) is 4.57 Å². The molecule has 1 aliphatic heterocycles. The smallest absolute Gasteiger partial charge is 0.337 e. The molecule has 0 fully saturated rings. The number of ether oxygens (including phenoxy) is 3. The van der Waals surface area contributed by atoms with E-state index in [4.69, 9.17) is 14.2 Å². The average molecular weight is 485 g/mol. The number of benzene rings is 1. The maximum atomic E-state index is 13.5. The Balaban J connectivity index is 1.92. The van der Waals surface area contributed by atoms with E-state index in [1.165, 1.54) is 24.6 Å². The van der Waals surface area contributed by atoms with Crippen LogP contribution in [-0.4, -0.2) is 30.9 Å². The Morgan fingerprint density at radius 3 is 2.61 bits per heavy atom. The van der Waals surface area contributed by atoms with Crippen molar-refractivity contribution < 1.29 is 19.0 Å². The zero-order chi connectivity index (χ0) is 23.5. The second-order valence-corrected chi connectivity index (χ2v) is 9.17. The van der Waals surface area contributed by atoms with E-state index in [2.05, 4.69) is 4.99 Å². The van der Waals surface area contributed by atoms with Crippen LogP contribution < -0.4 is 24.4 Å². The summed E-state index contributed by atoms with van der Waals surface area (Å²) in [4.78, 5) is 32.1. The summed E-state index contributed by atoms with van der Waals surface area (Å²) in [5, 5.41) is 1.99. The highest BCUT2D eigenvalue weighted by molar-refractivity contribution is 7.11. The van der Waals surface area contributed by atoms with Gasteiger partial charge in [-0.25, -0.2) is 9.79 Å². The molecule has 1 aliphatic rings. The molecule has 0 aliphatic carbocycles. The fraction of sp³-hybridized carbons (Fsp3) is 0.292. The molecule has 33 heavy (non-hydrogen) atoms. The van der Waals surface area contributed by atoms with Crippen LogP contribution in [0.2, 0.25) is 0 Å². The summed E-state index contributed by atoms with van der Waals surface area (Å²) < 4.78 is 18.6. The molecule has 0 saturated carbocycles. The van der Waals surface area contributed by atoms with Crippen molar-refractivity contribution in [3.8, 4) is 11.5 Å². The van der Waals surface area contributed by atoms with Crippen LogP contribution in [0.4, 0.5) is 0 Å². The highest BCUT2D eigenvalue weighted by Gasteiger charge is 2.31. The fourth-order valence-corrected chi connectivity index (χ4v) is 5.52. The van der Waals surface area contributed by atoms with E-state index < -0.39 is 12.0 Å². The fourth-order valence-electron chi connectivity index (χ4n) is 3.64. The SMILES string of the molecule is CCOc1ccc([C@@H]2C(C(=O)OC)=CN=c3s/c(=C\c4sccc4C)c(=O)n32)cc1OCC. The predicted octanol–water partition coefficient (Wildman–Crippen LogP) is 3.19. The van der Waals surface area contributed by atoms with E-state index >= 15 is 0 Å². The molecule has 0 spiro atoms. The predicted molar refractivity (Wildman–Crippen MR) is 129 cm³/mol. The van der Waals surface area contributed by atoms with Crippen LogP contribution in [-0.2, 0) is 9.53 Å². The molecule has 2 aromatic heterocycles. The van der Waals surface area contributed by atoms with E-state index in [0.717, 1.165) is 10.4 Å². The van der Waals surface area contributed by atoms with Crippen molar-refractivity contribution in [1.29, 1.82) is 0 Å². The number of hydrogen-bond acceptors (Lipinski definition) is 8. The zero-order valence-electron chi connectivity index (χ0n) is 18.8. The van der Waals surface area contributed by atoms with Gasteiger partial charge in [0.1, 0.15) is 0 Å². The van der Waals surface area contributed by atoms with E-state index in [-0.39, 0.29) is 11.1 Å². The van der Waals surface area contributed by atoms with Crippen LogP contribution in [0, 0.1) is 6.92 Å². The lowest BCUT2D eigenvalue weighted by molar-refractivity contribution is -0.136. The minimum Gasteiger partial charge on any atom is -0.490 e. The monoisotopic (exact) mass is 484 g/mol. The molecule has 1 atom stereocenters. The summed E-state index contributed by atoms with van der Waals surface area (Å²) in [5.74, 6) is 0.612. The molecule has 0 radical (unpaired) electrons. The van der Waals surface area contributed by atoms with Gasteiger partial charge in [0.15, 0.2) is 16.3 Å². The van der Waals surface area contributed by atoms with Crippen molar-refractivity contribution in [2.24, 2.45) is 4.99 Å². The molecule has 0 unspecified atom stereocenters. The lowest BCUT2D eigenvalue weighted by Crippen LogP contribution is -2.39. The summed E-state index contributed by atoms with van der Waals surface area (Å²) in [6, 6.07) is 6.75. The van der Waals surface area contributed by atoms with Gasteiger partial charge in [-0.1, -0.05) is 17.4 Å². The van der Waals surface area contributed by atoms with Crippen molar-refractivity contribution in [2.75, 3.05) is 20.3 Å². The lowest BCUT2D eigenvalue weighted by Gasteiger charge is -2.23. The molecule has 4 rings (SSSR count). The molecule has 9 heteroatoms. The number of thiazole rings is 1. The van der Waals surface area contributed by atoms with Gasteiger partial charge < -0.3 is 14.2 Å². The Hall–Kier alpha value is -3.17. The number of hydrogen-bond donors (Lipinski definition) is 0. The lowest BCUT2D eigenvalue weighted by atomic mass is 9.97. The third-order valence-electron chi connectivity index (χ3n) is 5.17. The maximum Gasteiger partial charge on any atom is 0.337 e. The van der Waals surface area contributed by atoms with E-state index in [1.54, 1.807) is 22.0 Å². The van der Waals surface area contributed by atoms with Crippen molar-refractivity contribution in [3.05, 3.63) is 77.1 Å². The number of aromatic nitrogens is 1. The van der Waals surface area contributed by atoms with Crippen molar-refractivity contribution in [3.63, 3.8) is 0 Å². The van der Waals surface area contributed by atoms with Crippen molar-refractivity contribution in [2.45, 2.75) is 26.8 Å². The topological polar surface area (TPSA) is 79.1 Å². The summed E-state index contributed by atoms with van der Waals surface area (Å²) in [6.07, 6.45) is 3.37. The molecule has 7 nitrogen and oxygen atoms in total. The molecule has 0 amide bonds. The normalized spacial score (nSPS) is 15.5. The molecular formula is C24H24N2O5S2. The second kappa shape index (κ2) is 9.76. The van der Waals surface area contributed by atoms with Gasteiger partial charge in [0.2, 0.25) is 0 Å². The molecule has 3 heterocycles. The quantitative estimate of drug-likeness (QED) is 0.482. The van der Waals surface area contributed by atoms with E-state index in [9.17, 15) is 9.59 Å². The summed E-state index contributed by atoms with van der Waals surface area (Å²) in [5.41, 5.74) is 1.87. The third-order valence-corrected chi connectivity index (χ3v) is 7.13. The van der Waals surface area contributed by atoms with Crippen LogP contribution in [0.5, 0.6) is 11.5 Å². The van der Waals surface area contributed by atoms with E-state index in [1.807, 2.05) is 50.4 Å². The minimum absolute atomic E-state index is 0.210. The summed E-state index contributed by atoms with van der Waals surface area (Å²) in [6.45, 7) is 6.73. The number of aryl methyl sites for hydroxylation is 1. The van der Waals surface area contributed by atoms with Crippen LogP contribution in [0.15, 0.2) is 51.2 Å². The van der Waals surface area contributed by atoms with Crippen LogP contribution >= 0.6 is 22.7 Å². The first-order valence-corrected chi connectivity index (χ1v) is 12.2. The number of carbonyl (C=O) groups excluding carboxylic acids is 1. The van der Waals surface area contributed by atoms with Gasteiger partial charge in [-0.15, -0.1) is 11.3 Å². The van der Waals surface area contributed by atoms with Gasteiger partial charge in [-0.3, -0.25) is 9.36 Å². The molecule has 172 valence electrons. The van der Waals surface area contributed by atoms with Crippen LogP contribution in [0.3, 0.4) is 0 Å². The van der Waals surface area contributed by atoms with Gasteiger partial charge >= 0.3 is 5.97 Å². The Morgan fingerprint density at radius 1 is 1.18 bits per heavy atom. The maximum absolute atomic E-state index is 13.5. The molecule has 0 N–H and O–H groups in total.